The van der Waals surface area contributed by atoms with E-state index in [2.05, 4.69) is 71.4 Å². The minimum Gasteiger partial charge on any atom is -0.371 e. The van der Waals surface area contributed by atoms with Gasteiger partial charge in [-0.15, -0.1) is 5.11 Å². The molecule has 0 atom stereocenters. The van der Waals surface area contributed by atoms with Crippen LogP contribution in [0.3, 0.4) is 0 Å². The number of alkyl halides is 3. The van der Waals surface area contributed by atoms with Crippen molar-refractivity contribution in [2.75, 3.05) is 18.0 Å². The molecule has 7 heteroatoms. The van der Waals surface area contributed by atoms with Crippen LogP contribution >= 0.6 is 0 Å². The van der Waals surface area contributed by atoms with Gasteiger partial charge in [0.05, 0.1) is 11.4 Å². The molecule has 0 saturated heterocycles. The van der Waals surface area contributed by atoms with Crippen molar-refractivity contribution in [3.8, 4) is 11.1 Å². The molecule has 0 heterocycles. The Labute approximate surface area is 278 Å². The molecule has 47 heavy (non-hydrogen) atoms. The van der Waals surface area contributed by atoms with Crippen LogP contribution in [0.4, 0.5) is 30.2 Å². The zero-order chi connectivity index (χ0) is 33.5. The molecule has 0 fully saturated rings. The highest BCUT2D eigenvalue weighted by atomic mass is 19.4. The molecule has 0 saturated carbocycles. The number of carbonyl (C=O) groups is 1. The maximum Gasteiger partial charge on any atom is 0.454 e. The van der Waals surface area contributed by atoms with Gasteiger partial charge < -0.3 is 4.90 Å². The van der Waals surface area contributed by atoms with Gasteiger partial charge in [-0.2, -0.15) is 18.3 Å². The minimum absolute atomic E-state index is 0.365. The smallest absolute Gasteiger partial charge is 0.371 e. The maximum atomic E-state index is 12.9. The van der Waals surface area contributed by atoms with Crippen molar-refractivity contribution in [3.05, 3.63) is 90.5 Å². The van der Waals surface area contributed by atoms with Crippen molar-refractivity contribution in [1.29, 1.82) is 0 Å². The third kappa shape index (κ3) is 10.5. The van der Waals surface area contributed by atoms with Gasteiger partial charge in [-0.25, -0.2) is 0 Å². The number of hydrogen-bond acceptors (Lipinski definition) is 4. The molecule has 250 valence electrons. The van der Waals surface area contributed by atoms with E-state index in [9.17, 15) is 18.0 Å². The van der Waals surface area contributed by atoms with Crippen molar-refractivity contribution < 1.29 is 18.0 Å². The number of ketones is 1. The van der Waals surface area contributed by atoms with Crippen LogP contribution in [0.2, 0.25) is 0 Å². The van der Waals surface area contributed by atoms with Gasteiger partial charge in [0.2, 0.25) is 0 Å². The number of halogens is 3. The van der Waals surface area contributed by atoms with E-state index in [0.717, 1.165) is 60.0 Å². The van der Waals surface area contributed by atoms with E-state index in [1.165, 1.54) is 82.0 Å². The first-order chi connectivity index (χ1) is 22.8. The SMILES string of the molecule is CCCCCCCCN(CCCCCCCC)c1ccc2ccccc2c1-c1ccccc1/N=N/c1ccc(C(=O)C(F)(F)F)cc1. The first-order valence-electron chi connectivity index (χ1n) is 17.3. The van der Waals surface area contributed by atoms with Crippen LogP contribution < -0.4 is 4.90 Å². The summed E-state index contributed by atoms with van der Waals surface area (Å²) in [5, 5.41) is 11.2. The molecule has 0 aliphatic heterocycles. The van der Waals surface area contributed by atoms with Crippen LogP contribution in [0, 0.1) is 0 Å². The zero-order valence-electron chi connectivity index (χ0n) is 27.9. The third-order valence-electron chi connectivity index (χ3n) is 8.64. The van der Waals surface area contributed by atoms with Crippen molar-refractivity contribution in [2.45, 2.75) is 97.1 Å². The second-order valence-electron chi connectivity index (χ2n) is 12.3. The average molecular weight is 644 g/mol. The van der Waals surface area contributed by atoms with Crippen LogP contribution in [0.15, 0.2) is 95.2 Å². The lowest BCUT2D eigenvalue weighted by molar-refractivity contribution is -0.0885. The molecular weight excluding hydrogens is 595 g/mol. The average Bonchev–Trinajstić information content (AvgIpc) is 3.08. The molecule has 4 aromatic rings. The number of nitrogens with zero attached hydrogens (tertiary/aromatic N) is 3. The third-order valence-corrected chi connectivity index (χ3v) is 8.64. The number of azo groups is 1. The van der Waals surface area contributed by atoms with Crippen LogP contribution in [0.25, 0.3) is 21.9 Å². The van der Waals surface area contributed by atoms with Crippen LogP contribution in [-0.4, -0.2) is 25.0 Å². The van der Waals surface area contributed by atoms with E-state index in [1.54, 1.807) is 0 Å². The van der Waals surface area contributed by atoms with Crippen molar-refractivity contribution in [2.24, 2.45) is 10.2 Å². The predicted molar refractivity (Wildman–Crippen MR) is 189 cm³/mol. The molecule has 4 aromatic carbocycles. The number of rotatable bonds is 19. The Hall–Kier alpha value is -4.00. The Morgan fingerprint density at radius 1 is 0.638 bits per heavy atom. The molecule has 0 aliphatic rings. The highest BCUT2D eigenvalue weighted by molar-refractivity contribution is 6.05. The summed E-state index contributed by atoms with van der Waals surface area (Å²) in [6, 6.07) is 25.8. The fraction of sp³-hybridized carbons (Fsp3) is 0.425. The summed E-state index contributed by atoms with van der Waals surface area (Å²) in [5.41, 5.74) is 3.85. The summed E-state index contributed by atoms with van der Waals surface area (Å²) in [5.74, 6) is -1.87. The number of carbonyl (C=O) groups excluding carboxylic acids is 1. The molecule has 0 aromatic heterocycles. The van der Waals surface area contributed by atoms with E-state index in [1.807, 2.05) is 18.2 Å². The van der Waals surface area contributed by atoms with Gasteiger partial charge in [0.15, 0.2) is 0 Å². The highest BCUT2D eigenvalue weighted by Gasteiger charge is 2.39. The van der Waals surface area contributed by atoms with E-state index in [-0.39, 0.29) is 0 Å². The largest absolute Gasteiger partial charge is 0.454 e. The lowest BCUT2D eigenvalue weighted by Crippen LogP contribution is -2.26. The molecular formula is C40H48F3N3O. The number of anilines is 1. The van der Waals surface area contributed by atoms with Crippen molar-refractivity contribution in [1.82, 2.24) is 0 Å². The number of benzene rings is 4. The number of fused-ring (bicyclic) bond motifs is 1. The maximum absolute atomic E-state index is 12.9. The Morgan fingerprint density at radius 2 is 1.21 bits per heavy atom. The molecule has 0 amide bonds. The summed E-state index contributed by atoms with van der Waals surface area (Å²) in [6.45, 7) is 6.47. The van der Waals surface area contributed by atoms with E-state index in [4.69, 9.17) is 0 Å². The quantitative estimate of drug-likeness (QED) is 0.0580. The summed E-state index contributed by atoms with van der Waals surface area (Å²) >= 11 is 0. The van der Waals surface area contributed by atoms with Crippen molar-refractivity contribution >= 4 is 33.6 Å². The lowest BCUT2D eigenvalue weighted by atomic mass is 9.94. The predicted octanol–water partition coefficient (Wildman–Crippen LogP) is 13.2. The van der Waals surface area contributed by atoms with Gasteiger partial charge in [0.1, 0.15) is 0 Å². The normalized spacial score (nSPS) is 11.9. The Balaban J connectivity index is 1.68. The monoisotopic (exact) mass is 643 g/mol. The van der Waals surface area contributed by atoms with Crippen LogP contribution in [-0.2, 0) is 0 Å². The summed E-state index contributed by atoms with van der Waals surface area (Å²) in [6.07, 6.45) is 9.95. The summed E-state index contributed by atoms with van der Waals surface area (Å²) < 4.78 is 38.6. The second-order valence-corrected chi connectivity index (χ2v) is 12.3. The number of unbranched alkanes of at least 4 members (excludes halogenated alkanes) is 10. The standard InChI is InChI=1S/C40H48F3N3O/c1-3-5-7-9-11-17-29-46(30-18-12-10-8-6-4-2)37-28-25-31-19-13-14-20-34(31)38(37)35-21-15-16-22-36(35)45-44-33-26-23-32(24-27-33)39(47)40(41,42)43/h13-16,19-28H,3-12,17-18,29-30H2,1-2H3/b45-44+. The fourth-order valence-electron chi connectivity index (χ4n) is 6.05. The summed E-state index contributed by atoms with van der Waals surface area (Å²) in [4.78, 5) is 14.2. The molecule has 0 unspecified atom stereocenters. The topological polar surface area (TPSA) is 45.0 Å². The number of Topliss-reactive ketones (excluding diaryl/α,β-unsaturated/α-hetero) is 1. The molecule has 0 N–H and O–H groups in total. The van der Waals surface area contributed by atoms with E-state index < -0.39 is 17.5 Å². The highest BCUT2D eigenvalue weighted by Crippen LogP contribution is 2.42. The minimum atomic E-state index is -4.92. The Kier molecular flexibility index (Phi) is 14.0. The van der Waals surface area contributed by atoms with Crippen molar-refractivity contribution in [3.63, 3.8) is 0 Å². The molecule has 4 rings (SSSR count). The lowest BCUT2D eigenvalue weighted by Gasteiger charge is -2.29. The van der Waals surface area contributed by atoms with Crippen LogP contribution in [0.1, 0.15) is 101 Å². The molecule has 0 aliphatic carbocycles. The van der Waals surface area contributed by atoms with Gasteiger partial charge in [-0.1, -0.05) is 127 Å². The molecule has 0 radical (unpaired) electrons. The number of hydrogen-bond donors (Lipinski definition) is 0. The van der Waals surface area contributed by atoms with Crippen LogP contribution in [0.5, 0.6) is 0 Å². The first kappa shape index (κ1) is 35.8. The van der Waals surface area contributed by atoms with Gasteiger partial charge in [0.25, 0.3) is 5.78 Å². The zero-order valence-corrected chi connectivity index (χ0v) is 27.9. The first-order valence-corrected chi connectivity index (χ1v) is 17.3. The summed E-state index contributed by atoms with van der Waals surface area (Å²) in [7, 11) is 0. The van der Waals surface area contributed by atoms with E-state index >= 15 is 0 Å². The molecule has 4 nitrogen and oxygen atoms in total. The van der Waals surface area contributed by atoms with Gasteiger partial charge in [-0.3, -0.25) is 4.79 Å². The van der Waals surface area contributed by atoms with E-state index in [0.29, 0.717) is 11.4 Å². The molecule has 0 bridgehead atoms. The van der Waals surface area contributed by atoms with Gasteiger partial charge in [0, 0.05) is 35.5 Å². The molecule has 0 spiro atoms. The Morgan fingerprint density at radius 3 is 1.85 bits per heavy atom. The van der Waals surface area contributed by atoms with Gasteiger partial charge >= 0.3 is 6.18 Å². The fourth-order valence-corrected chi connectivity index (χ4v) is 6.05. The second kappa shape index (κ2) is 18.4. The Bertz CT molecular complexity index is 1560. The van der Waals surface area contributed by atoms with Gasteiger partial charge in [-0.05, 0) is 60.0 Å².